The summed E-state index contributed by atoms with van der Waals surface area (Å²) in [6.07, 6.45) is 3.90. The van der Waals surface area contributed by atoms with Gasteiger partial charge in [-0.05, 0) is 48.0 Å². The number of amides is 2. The van der Waals surface area contributed by atoms with Gasteiger partial charge in [0.2, 0.25) is 11.8 Å². The Morgan fingerprint density at radius 3 is 2.55 bits per heavy atom. The zero-order valence-corrected chi connectivity index (χ0v) is 17.4. The molecular weight excluding hydrogens is 362 g/mol. The topological polar surface area (TPSA) is 52.7 Å². The highest BCUT2D eigenvalue weighted by Crippen LogP contribution is 2.33. The average Bonchev–Trinajstić information content (AvgIpc) is 2.72. The predicted octanol–water partition coefficient (Wildman–Crippen LogP) is 4.43. The van der Waals surface area contributed by atoms with E-state index in [1.54, 1.807) is 11.1 Å². The third-order valence-electron chi connectivity index (χ3n) is 5.36. The largest absolute Gasteiger partial charge is 0.326 e. The fraction of sp³-hybridized carbons (Fsp3) is 0.333. The van der Waals surface area contributed by atoms with Gasteiger partial charge in [0.15, 0.2) is 0 Å². The van der Waals surface area contributed by atoms with E-state index in [0.29, 0.717) is 0 Å². The highest BCUT2D eigenvalue weighted by Gasteiger charge is 2.28. The second-order valence-corrected chi connectivity index (χ2v) is 7.30. The molecule has 0 aliphatic carbocycles. The van der Waals surface area contributed by atoms with E-state index in [1.165, 1.54) is 12.5 Å². The Balaban J connectivity index is 1.73. The third kappa shape index (κ3) is 5.12. The van der Waals surface area contributed by atoms with Crippen LogP contribution in [0.4, 0.5) is 5.69 Å². The Labute approximate surface area is 173 Å². The molecule has 5 nitrogen and oxygen atoms in total. The van der Waals surface area contributed by atoms with E-state index in [9.17, 15) is 9.59 Å². The maximum absolute atomic E-state index is 12.8. The van der Waals surface area contributed by atoms with Gasteiger partial charge in [-0.2, -0.15) is 0 Å². The first-order chi connectivity index (χ1) is 14.0. The van der Waals surface area contributed by atoms with E-state index in [2.05, 4.69) is 30.1 Å². The Kier molecular flexibility index (Phi) is 6.83. The second-order valence-electron chi connectivity index (χ2n) is 7.30. The number of carbonyl (C=O) groups is 2. The van der Waals surface area contributed by atoms with Gasteiger partial charge >= 0.3 is 0 Å². The Morgan fingerprint density at radius 1 is 1.07 bits per heavy atom. The van der Waals surface area contributed by atoms with Crippen molar-refractivity contribution in [3.05, 3.63) is 71.4 Å². The maximum atomic E-state index is 12.8. The minimum atomic E-state index is -0.299. The standard InChI is InChI=1S/C24H29N3O2/c1-4-26(5-2)17-19-9-8-11-21(15-19)25-24(29)16-23-22-12-7-6-10-20(22)13-14-27(23)18(3)28/h6-15,23H,4-5,16-17H2,1-3H3,(H,25,29)/t23-/m0/s1. The smallest absolute Gasteiger partial charge is 0.226 e. The van der Waals surface area contributed by atoms with Crippen LogP contribution >= 0.6 is 0 Å². The number of hydrogen-bond donors (Lipinski definition) is 1. The van der Waals surface area contributed by atoms with Crippen LogP contribution in [0.2, 0.25) is 0 Å². The molecule has 2 aromatic carbocycles. The van der Waals surface area contributed by atoms with Gasteiger partial charge < -0.3 is 10.2 Å². The van der Waals surface area contributed by atoms with Crippen molar-refractivity contribution in [2.45, 2.75) is 39.8 Å². The van der Waals surface area contributed by atoms with Crippen LogP contribution in [0.25, 0.3) is 6.08 Å². The molecule has 1 N–H and O–H groups in total. The SMILES string of the molecule is CCN(CC)Cc1cccc(NC(=O)C[C@H]2c3ccccc3C=CN2C(C)=O)c1. The molecule has 0 spiro atoms. The number of fused-ring (bicyclic) bond motifs is 1. The summed E-state index contributed by atoms with van der Waals surface area (Å²) in [4.78, 5) is 28.9. The van der Waals surface area contributed by atoms with Gasteiger partial charge in [-0.1, -0.05) is 50.2 Å². The lowest BCUT2D eigenvalue weighted by molar-refractivity contribution is -0.129. The van der Waals surface area contributed by atoms with Crippen molar-refractivity contribution in [2.24, 2.45) is 0 Å². The van der Waals surface area contributed by atoms with Crippen molar-refractivity contribution in [3.63, 3.8) is 0 Å². The molecule has 0 unspecified atom stereocenters. The average molecular weight is 392 g/mol. The van der Waals surface area contributed by atoms with E-state index < -0.39 is 0 Å². The van der Waals surface area contributed by atoms with Crippen LogP contribution < -0.4 is 5.32 Å². The van der Waals surface area contributed by atoms with Gasteiger partial charge in [0.1, 0.15) is 0 Å². The summed E-state index contributed by atoms with van der Waals surface area (Å²) in [7, 11) is 0. The first kappa shape index (κ1) is 20.8. The summed E-state index contributed by atoms with van der Waals surface area (Å²) in [6.45, 7) is 8.65. The molecule has 2 aromatic rings. The van der Waals surface area contributed by atoms with Crippen LogP contribution in [0.1, 0.15) is 49.9 Å². The molecule has 1 aliphatic rings. The van der Waals surface area contributed by atoms with Crippen LogP contribution in [0, 0.1) is 0 Å². The maximum Gasteiger partial charge on any atom is 0.226 e. The molecule has 5 heteroatoms. The molecule has 152 valence electrons. The van der Waals surface area contributed by atoms with Crippen LogP contribution in [0.5, 0.6) is 0 Å². The van der Waals surface area contributed by atoms with Crippen LogP contribution in [-0.4, -0.2) is 34.7 Å². The van der Waals surface area contributed by atoms with Gasteiger partial charge in [0.05, 0.1) is 12.5 Å². The monoisotopic (exact) mass is 391 g/mol. The second kappa shape index (κ2) is 9.52. The first-order valence-electron chi connectivity index (χ1n) is 10.2. The molecule has 0 saturated carbocycles. The Hall–Kier alpha value is -2.92. The highest BCUT2D eigenvalue weighted by molar-refractivity contribution is 5.92. The normalized spacial score (nSPS) is 15.3. The van der Waals surface area contributed by atoms with Crippen molar-refractivity contribution < 1.29 is 9.59 Å². The molecule has 2 amide bonds. The van der Waals surface area contributed by atoms with Crippen molar-refractivity contribution in [1.29, 1.82) is 0 Å². The lowest BCUT2D eigenvalue weighted by atomic mass is 9.93. The van der Waals surface area contributed by atoms with Gasteiger partial charge in [0.25, 0.3) is 0 Å². The minimum Gasteiger partial charge on any atom is -0.326 e. The lowest BCUT2D eigenvalue weighted by Gasteiger charge is -2.32. The number of hydrogen-bond acceptors (Lipinski definition) is 3. The molecule has 0 fully saturated rings. The molecule has 0 saturated heterocycles. The van der Waals surface area contributed by atoms with E-state index >= 15 is 0 Å². The number of rotatable bonds is 7. The van der Waals surface area contributed by atoms with E-state index in [0.717, 1.165) is 36.4 Å². The van der Waals surface area contributed by atoms with E-state index in [4.69, 9.17) is 0 Å². The number of nitrogens with one attached hydrogen (secondary N) is 1. The molecule has 1 atom stereocenters. The van der Waals surface area contributed by atoms with Crippen LogP contribution in [0.3, 0.4) is 0 Å². The van der Waals surface area contributed by atoms with Crippen molar-refractivity contribution in [3.8, 4) is 0 Å². The summed E-state index contributed by atoms with van der Waals surface area (Å²) < 4.78 is 0. The minimum absolute atomic E-state index is 0.0743. The summed E-state index contributed by atoms with van der Waals surface area (Å²) in [5, 5.41) is 3.01. The van der Waals surface area contributed by atoms with Gasteiger partial charge in [0, 0.05) is 25.4 Å². The summed E-state index contributed by atoms with van der Waals surface area (Å²) in [5.41, 5.74) is 4.00. The number of anilines is 1. The van der Waals surface area contributed by atoms with E-state index in [1.807, 2.05) is 48.5 Å². The number of nitrogens with zero attached hydrogens (tertiary/aromatic N) is 2. The molecule has 29 heavy (non-hydrogen) atoms. The third-order valence-corrected chi connectivity index (χ3v) is 5.36. The molecular formula is C24H29N3O2. The molecule has 0 bridgehead atoms. The van der Waals surface area contributed by atoms with Crippen LogP contribution in [0.15, 0.2) is 54.7 Å². The quantitative estimate of drug-likeness (QED) is 0.760. The number of benzene rings is 2. The summed E-state index contributed by atoms with van der Waals surface area (Å²) >= 11 is 0. The van der Waals surface area contributed by atoms with Crippen molar-refractivity contribution in [2.75, 3.05) is 18.4 Å². The zero-order chi connectivity index (χ0) is 20.8. The Bertz CT molecular complexity index is 903. The predicted molar refractivity (Wildman–Crippen MR) is 117 cm³/mol. The zero-order valence-electron chi connectivity index (χ0n) is 17.4. The molecule has 1 aliphatic heterocycles. The molecule has 1 heterocycles. The summed E-state index contributed by atoms with van der Waals surface area (Å²) in [6, 6.07) is 15.6. The van der Waals surface area contributed by atoms with Gasteiger partial charge in [-0.3, -0.25) is 14.5 Å². The lowest BCUT2D eigenvalue weighted by Crippen LogP contribution is -2.33. The van der Waals surface area contributed by atoms with Crippen LogP contribution in [-0.2, 0) is 16.1 Å². The van der Waals surface area contributed by atoms with Gasteiger partial charge in [-0.25, -0.2) is 0 Å². The fourth-order valence-corrected chi connectivity index (χ4v) is 3.75. The van der Waals surface area contributed by atoms with Crippen molar-refractivity contribution in [1.82, 2.24) is 9.80 Å². The molecule has 0 aromatic heterocycles. The highest BCUT2D eigenvalue weighted by atomic mass is 16.2. The van der Waals surface area contributed by atoms with Crippen molar-refractivity contribution >= 4 is 23.6 Å². The molecule has 3 rings (SSSR count). The Morgan fingerprint density at radius 2 is 1.83 bits per heavy atom. The fourth-order valence-electron chi connectivity index (χ4n) is 3.75. The molecule has 0 radical (unpaired) electrons. The summed E-state index contributed by atoms with van der Waals surface area (Å²) in [5.74, 6) is -0.180. The first-order valence-corrected chi connectivity index (χ1v) is 10.2. The number of carbonyl (C=O) groups excluding carboxylic acids is 2. The van der Waals surface area contributed by atoms with E-state index in [-0.39, 0.29) is 24.3 Å². The van der Waals surface area contributed by atoms with Gasteiger partial charge in [-0.15, -0.1) is 0 Å².